The summed E-state index contributed by atoms with van der Waals surface area (Å²) in [7, 11) is 0. The average molecular weight is 357 g/mol. The van der Waals surface area contributed by atoms with Gasteiger partial charge in [-0.15, -0.1) is 24.8 Å². The predicted molar refractivity (Wildman–Crippen MR) is 99.8 cm³/mol. The first-order valence-electron chi connectivity index (χ1n) is 8.05. The van der Waals surface area contributed by atoms with Crippen molar-refractivity contribution in [2.75, 3.05) is 44.2 Å². The number of halogens is 2. The van der Waals surface area contributed by atoms with Crippen molar-refractivity contribution in [3.8, 4) is 6.07 Å². The third kappa shape index (κ3) is 4.99. The number of hydrogen-bond acceptors (Lipinski definition) is 4. The first-order valence-corrected chi connectivity index (χ1v) is 8.05. The summed E-state index contributed by atoms with van der Waals surface area (Å²) in [6.07, 6.45) is 3.18. The molecule has 23 heavy (non-hydrogen) atoms. The SMILES string of the molecule is Cl.Cl.N#CC[C@H](c1ccc(N2CCCC2)cc1)N1CCNCC1. The van der Waals surface area contributed by atoms with E-state index in [4.69, 9.17) is 5.26 Å². The third-order valence-electron chi connectivity index (χ3n) is 4.63. The van der Waals surface area contributed by atoms with E-state index in [2.05, 4.69) is 45.5 Å². The first kappa shape index (κ1) is 20.1. The third-order valence-corrected chi connectivity index (χ3v) is 4.63. The first-order chi connectivity index (χ1) is 10.4. The highest BCUT2D eigenvalue weighted by atomic mass is 35.5. The largest absolute Gasteiger partial charge is 0.372 e. The lowest BCUT2D eigenvalue weighted by Gasteiger charge is -2.34. The van der Waals surface area contributed by atoms with Crippen LogP contribution in [0.2, 0.25) is 0 Å². The number of nitriles is 1. The van der Waals surface area contributed by atoms with Gasteiger partial charge in [0.05, 0.1) is 12.5 Å². The number of benzene rings is 1. The van der Waals surface area contributed by atoms with Crippen molar-refractivity contribution in [1.29, 1.82) is 5.26 Å². The topological polar surface area (TPSA) is 42.3 Å². The maximum atomic E-state index is 9.16. The lowest BCUT2D eigenvalue weighted by Crippen LogP contribution is -2.45. The van der Waals surface area contributed by atoms with Crippen LogP contribution in [0.1, 0.15) is 30.9 Å². The molecule has 2 aliphatic rings. The maximum absolute atomic E-state index is 9.16. The Morgan fingerprint density at radius 1 is 1.00 bits per heavy atom. The van der Waals surface area contributed by atoms with Crippen LogP contribution in [-0.2, 0) is 0 Å². The molecular formula is C17H26Cl2N4. The molecule has 0 unspecified atom stereocenters. The van der Waals surface area contributed by atoms with Gasteiger partial charge in [0.15, 0.2) is 0 Å². The number of nitrogens with one attached hydrogen (secondary N) is 1. The van der Waals surface area contributed by atoms with Gasteiger partial charge in [-0.3, -0.25) is 4.90 Å². The van der Waals surface area contributed by atoms with Crippen LogP contribution in [0.4, 0.5) is 5.69 Å². The molecule has 1 N–H and O–H groups in total. The van der Waals surface area contributed by atoms with Crippen LogP contribution in [-0.4, -0.2) is 44.2 Å². The van der Waals surface area contributed by atoms with Crippen LogP contribution in [0.15, 0.2) is 24.3 Å². The van der Waals surface area contributed by atoms with E-state index >= 15 is 0 Å². The molecule has 2 aliphatic heterocycles. The fourth-order valence-corrected chi connectivity index (χ4v) is 3.42. The highest BCUT2D eigenvalue weighted by Gasteiger charge is 2.22. The van der Waals surface area contributed by atoms with Gasteiger partial charge in [0.25, 0.3) is 0 Å². The van der Waals surface area contributed by atoms with Crippen molar-refractivity contribution in [2.24, 2.45) is 0 Å². The van der Waals surface area contributed by atoms with Gasteiger partial charge in [0.1, 0.15) is 0 Å². The smallest absolute Gasteiger partial charge is 0.0641 e. The second-order valence-corrected chi connectivity index (χ2v) is 5.95. The summed E-state index contributed by atoms with van der Waals surface area (Å²) in [5.41, 5.74) is 2.61. The molecule has 0 saturated carbocycles. The molecule has 1 aromatic rings. The van der Waals surface area contributed by atoms with Crippen LogP contribution in [0.3, 0.4) is 0 Å². The molecule has 3 rings (SSSR count). The molecule has 0 aliphatic carbocycles. The minimum absolute atomic E-state index is 0. The van der Waals surface area contributed by atoms with Gasteiger partial charge in [-0.2, -0.15) is 5.26 Å². The molecule has 4 nitrogen and oxygen atoms in total. The summed E-state index contributed by atoms with van der Waals surface area (Å²) in [4.78, 5) is 4.89. The standard InChI is InChI=1S/C17H24N4.2ClH/c18-8-7-17(21-13-9-19-10-14-21)15-3-5-16(6-4-15)20-11-1-2-12-20;;/h3-6,17,19H,1-2,7,9-14H2;2*1H/t17-;;/m1../s1. The highest BCUT2D eigenvalue weighted by Crippen LogP contribution is 2.27. The number of anilines is 1. The Balaban J connectivity index is 0.00000132. The van der Waals surface area contributed by atoms with E-state index in [1.165, 1.54) is 37.2 Å². The number of rotatable bonds is 4. The van der Waals surface area contributed by atoms with E-state index in [9.17, 15) is 0 Å². The molecule has 6 heteroatoms. The molecule has 0 spiro atoms. The van der Waals surface area contributed by atoms with Gasteiger partial charge in [0.2, 0.25) is 0 Å². The zero-order valence-electron chi connectivity index (χ0n) is 13.4. The number of hydrogen-bond donors (Lipinski definition) is 1. The van der Waals surface area contributed by atoms with E-state index in [0.29, 0.717) is 6.42 Å². The number of nitrogens with zero attached hydrogens (tertiary/aromatic N) is 3. The molecule has 2 saturated heterocycles. The summed E-state index contributed by atoms with van der Waals surface area (Å²) in [6, 6.07) is 11.5. The fraction of sp³-hybridized carbons (Fsp3) is 0.588. The number of piperazine rings is 1. The quantitative estimate of drug-likeness (QED) is 0.900. The Kier molecular flexibility index (Phi) is 8.72. The van der Waals surface area contributed by atoms with Crippen LogP contribution in [0, 0.1) is 11.3 Å². The van der Waals surface area contributed by atoms with Crippen LogP contribution >= 0.6 is 24.8 Å². The van der Waals surface area contributed by atoms with Gasteiger partial charge in [-0.1, -0.05) is 12.1 Å². The van der Waals surface area contributed by atoms with Crippen LogP contribution in [0.25, 0.3) is 0 Å². The van der Waals surface area contributed by atoms with Gasteiger partial charge >= 0.3 is 0 Å². The minimum Gasteiger partial charge on any atom is -0.372 e. The fourth-order valence-electron chi connectivity index (χ4n) is 3.42. The summed E-state index contributed by atoms with van der Waals surface area (Å²) < 4.78 is 0. The van der Waals surface area contributed by atoms with E-state index in [1.54, 1.807) is 0 Å². The molecule has 0 bridgehead atoms. The molecule has 1 aromatic carbocycles. The predicted octanol–water partition coefficient (Wildman–Crippen LogP) is 2.99. The molecular weight excluding hydrogens is 331 g/mol. The van der Waals surface area contributed by atoms with E-state index in [0.717, 1.165) is 26.2 Å². The minimum atomic E-state index is 0. The molecule has 1 atom stereocenters. The van der Waals surface area contributed by atoms with Crippen molar-refractivity contribution in [1.82, 2.24) is 10.2 Å². The summed E-state index contributed by atoms with van der Waals surface area (Å²) in [6.45, 7) is 6.46. The average Bonchev–Trinajstić information content (AvgIpc) is 3.08. The van der Waals surface area contributed by atoms with Gasteiger partial charge in [-0.25, -0.2) is 0 Å². The molecule has 2 heterocycles. The molecule has 128 valence electrons. The molecule has 0 radical (unpaired) electrons. The zero-order chi connectivity index (χ0) is 14.5. The Morgan fingerprint density at radius 2 is 1.61 bits per heavy atom. The summed E-state index contributed by atoms with van der Waals surface area (Å²) >= 11 is 0. The van der Waals surface area contributed by atoms with Gasteiger partial charge in [-0.05, 0) is 30.5 Å². The van der Waals surface area contributed by atoms with E-state index in [1.807, 2.05) is 0 Å². The van der Waals surface area contributed by atoms with Gasteiger partial charge < -0.3 is 10.2 Å². The Labute approximate surface area is 151 Å². The Hall–Kier alpha value is -0.990. The second-order valence-electron chi connectivity index (χ2n) is 5.95. The normalized spacial score (nSPS) is 19.3. The van der Waals surface area contributed by atoms with Crippen molar-refractivity contribution < 1.29 is 0 Å². The maximum Gasteiger partial charge on any atom is 0.0641 e. The lowest BCUT2D eigenvalue weighted by molar-refractivity contribution is 0.175. The Morgan fingerprint density at radius 3 is 2.17 bits per heavy atom. The van der Waals surface area contributed by atoms with Crippen molar-refractivity contribution >= 4 is 30.5 Å². The Bertz CT molecular complexity index is 488. The molecule has 2 fully saturated rings. The molecule has 0 amide bonds. The van der Waals surface area contributed by atoms with Gasteiger partial charge in [0, 0.05) is 51.0 Å². The van der Waals surface area contributed by atoms with Crippen LogP contribution in [0.5, 0.6) is 0 Å². The highest BCUT2D eigenvalue weighted by molar-refractivity contribution is 5.85. The summed E-state index contributed by atoms with van der Waals surface area (Å²) in [5.74, 6) is 0. The second kappa shape index (κ2) is 10.00. The monoisotopic (exact) mass is 356 g/mol. The van der Waals surface area contributed by atoms with Crippen LogP contribution < -0.4 is 10.2 Å². The van der Waals surface area contributed by atoms with E-state index < -0.39 is 0 Å². The van der Waals surface area contributed by atoms with Crippen molar-refractivity contribution in [3.05, 3.63) is 29.8 Å². The lowest BCUT2D eigenvalue weighted by atomic mass is 10.0. The van der Waals surface area contributed by atoms with Crippen molar-refractivity contribution in [2.45, 2.75) is 25.3 Å². The van der Waals surface area contributed by atoms with E-state index in [-0.39, 0.29) is 30.9 Å². The van der Waals surface area contributed by atoms with Crippen molar-refractivity contribution in [3.63, 3.8) is 0 Å². The zero-order valence-corrected chi connectivity index (χ0v) is 15.0. The molecule has 0 aromatic heterocycles. The summed E-state index contributed by atoms with van der Waals surface area (Å²) in [5, 5.41) is 12.5.